The zero-order chi connectivity index (χ0) is 8.97. The Morgan fingerprint density at radius 1 is 1.58 bits per heavy atom. The number of primary amides is 1. The monoisotopic (exact) mass is 169 g/mol. The van der Waals surface area contributed by atoms with E-state index in [0.717, 1.165) is 31.6 Å². The van der Waals surface area contributed by atoms with Crippen LogP contribution in [0.2, 0.25) is 0 Å². The summed E-state index contributed by atoms with van der Waals surface area (Å²) in [5.74, 6) is 0.896. The lowest BCUT2D eigenvalue weighted by atomic mass is 9.95. The molecule has 0 heterocycles. The molecule has 2 heteroatoms. The van der Waals surface area contributed by atoms with Crippen molar-refractivity contribution in [1.82, 2.24) is 0 Å². The van der Waals surface area contributed by atoms with Crippen molar-refractivity contribution < 1.29 is 4.79 Å². The molecule has 0 radical (unpaired) electrons. The Labute approximate surface area is 74.5 Å². The van der Waals surface area contributed by atoms with Gasteiger partial charge in [0.15, 0.2) is 0 Å². The molecule has 2 nitrogen and oxygen atoms in total. The maximum atomic E-state index is 11.0. The van der Waals surface area contributed by atoms with Crippen molar-refractivity contribution >= 4 is 5.91 Å². The van der Waals surface area contributed by atoms with Crippen LogP contribution in [0.3, 0.4) is 0 Å². The lowest BCUT2D eigenvalue weighted by Gasteiger charge is -2.11. The van der Waals surface area contributed by atoms with Gasteiger partial charge in [-0.05, 0) is 18.8 Å². The Balaban J connectivity index is 2.21. The number of rotatable bonds is 6. The van der Waals surface area contributed by atoms with Crippen molar-refractivity contribution in [2.75, 3.05) is 0 Å². The van der Waals surface area contributed by atoms with Gasteiger partial charge in [-0.2, -0.15) is 0 Å². The molecule has 0 aromatic carbocycles. The van der Waals surface area contributed by atoms with Gasteiger partial charge in [-0.3, -0.25) is 4.79 Å². The van der Waals surface area contributed by atoms with Gasteiger partial charge in [0, 0.05) is 5.92 Å². The highest BCUT2D eigenvalue weighted by atomic mass is 16.1. The predicted octanol–water partition coefficient (Wildman–Crippen LogP) is 2.08. The van der Waals surface area contributed by atoms with Crippen LogP contribution in [-0.2, 0) is 4.79 Å². The van der Waals surface area contributed by atoms with Crippen molar-refractivity contribution in [3.05, 3.63) is 0 Å². The van der Waals surface area contributed by atoms with Gasteiger partial charge < -0.3 is 5.73 Å². The number of carbonyl (C=O) groups excluding carboxylic acids is 1. The van der Waals surface area contributed by atoms with Gasteiger partial charge in [0.05, 0.1) is 0 Å². The Morgan fingerprint density at radius 3 is 2.67 bits per heavy atom. The first-order valence-electron chi connectivity index (χ1n) is 5.03. The zero-order valence-corrected chi connectivity index (χ0v) is 7.88. The minimum absolute atomic E-state index is 0.0876. The molecule has 0 aromatic rings. The second-order valence-electron chi connectivity index (χ2n) is 3.92. The average molecular weight is 169 g/mol. The summed E-state index contributed by atoms with van der Waals surface area (Å²) >= 11 is 0. The minimum Gasteiger partial charge on any atom is -0.369 e. The Morgan fingerprint density at radius 2 is 2.25 bits per heavy atom. The van der Waals surface area contributed by atoms with Crippen molar-refractivity contribution in [2.45, 2.75) is 45.4 Å². The van der Waals surface area contributed by atoms with Crippen LogP contribution in [0.1, 0.15) is 45.4 Å². The lowest BCUT2D eigenvalue weighted by molar-refractivity contribution is -0.122. The summed E-state index contributed by atoms with van der Waals surface area (Å²) in [6.07, 6.45) is 6.98. The van der Waals surface area contributed by atoms with Crippen LogP contribution >= 0.6 is 0 Å². The second kappa shape index (κ2) is 4.48. The highest BCUT2D eigenvalue weighted by Gasteiger charge is 2.27. The number of nitrogens with two attached hydrogens (primary N) is 1. The third-order valence-electron chi connectivity index (χ3n) is 2.62. The largest absolute Gasteiger partial charge is 0.369 e. The van der Waals surface area contributed by atoms with Gasteiger partial charge in [0.2, 0.25) is 5.91 Å². The molecule has 1 saturated carbocycles. The molecule has 70 valence electrons. The highest BCUT2D eigenvalue weighted by molar-refractivity contribution is 5.76. The molecular formula is C10H19NO. The molecule has 1 rings (SSSR count). The molecule has 1 aliphatic rings. The number of carbonyl (C=O) groups is 1. The van der Waals surface area contributed by atoms with Crippen LogP contribution in [0.5, 0.6) is 0 Å². The summed E-state index contributed by atoms with van der Waals surface area (Å²) in [7, 11) is 0. The van der Waals surface area contributed by atoms with Crippen molar-refractivity contribution in [1.29, 1.82) is 0 Å². The molecule has 1 fully saturated rings. The van der Waals surface area contributed by atoms with Crippen LogP contribution in [0.25, 0.3) is 0 Å². The number of hydrogen-bond acceptors (Lipinski definition) is 1. The first kappa shape index (κ1) is 9.56. The summed E-state index contributed by atoms with van der Waals surface area (Å²) in [6.45, 7) is 2.15. The highest BCUT2D eigenvalue weighted by Crippen LogP contribution is 2.36. The van der Waals surface area contributed by atoms with Crippen LogP contribution in [0, 0.1) is 11.8 Å². The van der Waals surface area contributed by atoms with E-state index in [1.54, 1.807) is 0 Å². The van der Waals surface area contributed by atoms with E-state index in [4.69, 9.17) is 5.73 Å². The molecule has 2 N–H and O–H groups in total. The third-order valence-corrected chi connectivity index (χ3v) is 2.62. The van der Waals surface area contributed by atoms with Gasteiger partial charge in [-0.25, -0.2) is 0 Å². The first-order valence-corrected chi connectivity index (χ1v) is 5.03. The standard InChI is InChI=1S/C10H19NO/c1-2-3-4-9(10(11)12)7-8-5-6-8/h8-9H,2-7H2,1H3,(H2,11,12)/t9-/m1/s1. The Bertz CT molecular complexity index is 152. The van der Waals surface area contributed by atoms with E-state index in [2.05, 4.69) is 6.92 Å². The van der Waals surface area contributed by atoms with Crippen molar-refractivity contribution in [2.24, 2.45) is 17.6 Å². The van der Waals surface area contributed by atoms with Crippen LogP contribution in [-0.4, -0.2) is 5.91 Å². The Hall–Kier alpha value is -0.530. The molecule has 1 amide bonds. The van der Waals surface area contributed by atoms with Crippen molar-refractivity contribution in [3.63, 3.8) is 0 Å². The van der Waals surface area contributed by atoms with Gasteiger partial charge in [-0.1, -0.05) is 32.6 Å². The SMILES string of the molecule is CCCC[C@H](CC1CC1)C(N)=O. The average Bonchev–Trinajstić information content (AvgIpc) is 2.80. The van der Waals surface area contributed by atoms with Gasteiger partial charge in [-0.15, -0.1) is 0 Å². The molecular weight excluding hydrogens is 150 g/mol. The maximum absolute atomic E-state index is 11.0. The van der Waals surface area contributed by atoms with E-state index in [1.807, 2.05) is 0 Å². The summed E-state index contributed by atoms with van der Waals surface area (Å²) in [5.41, 5.74) is 5.31. The second-order valence-corrected chi connectivity index (χ2v) is 3.92. The quantitative estimate of drug-likeness (QED) is 0.650. The topological polar surface area (TPSA) is 43.1 Å². The van der Waals surface area contributed by atoms with Crippen LogP contribution in [0.4, 0.5) is 0 Å². The summed E-state index contributed by atoms with van der Waals surface area (Å²) in [6, 6.07) is 0. The fourth-order valence-corrected chi connectivity index (χ4v) is 1.58. The van der Waals surface area contributed by atoms with Crippen LogP contribution < -0.4 is 5.73 Å². The molecule has 0 unspecified atom stereocenters. The number of amides is 1. The molecule has 0 aliphatic heterocycles. The van der Waals surface area contributed by atoms with E-state index in [-0.39, 0.29) is 11.8 Å². The van der Waals surface area contributed by atoms with Crippen LogP contribution in [0.15, 0.2) is 0 Å². The first-order chi connectivity index (χ1) is 5.74. The number of hydrogen-bond donors (Lipinski definition) is 1. The fraction of sp³-hybridized carbons (Fsp3) is 0.900. The summed E-state index contributed by atoms with van der Waals surface area (Å²) in [4.78, 5) is 11.0. The van der Waals surface area contributed by atoms with E-state index >= 15 is 0 Å². The smallest absolute Gasteiger partial charge is 0.220 e. The fourth-order valence-electron chi connectivity index (χ4n) is 1.58. The van der Waals surface area contributed by atoms with E-state index in [9.17, 15) is 4.79 Å². The van der Waals surface area contributed by atoms with Gasteiger partial charge in [0.1, 0.15) is 0 Å². The molecule has 0 bridgehead atoms. The number of unbranched alkanes of at least 4 members (excludes halogenated alkanes) is 1. The molecule has 12 heavy (non-hydrogen) atoms. The third kappa shape index (κ3) is 3.24. The van der Waals surface area contributed by atoms with E-state index < -0.39 is 0 Å². The minimum atomic E-state index is -0.0876. The summed E-state index contributed by atoms with van der Waals surface area (Å²) < 4.78 is 0. The van der Waals surface area contributed by atoms with Gasteiger partial charge in [0.25, 0.3) is 0 Å². The normalized spacial score (nSPS) is 19.1. The molecule has 1 aliphatic carbocycles. The molecule has 0 saturated heterocycles. The predicted molar refractivity (Wildman–Crippen MR) is 49.6 cm³/mol. The maximum Gasteiger partial charge on any atom is 0.220 e. The van der Waals surface area contributed by atoms with Gasteiger partial charge >= 0.3 is 0 Å². The molecule has 1 atom stereocenters. The van der Waals surface area contributed by atoms with E-state index in [1.165, 1.54) is 12.8 Å². The zero-order valence-electron chi connectivity index (χ0n) is 7.88. The molecule has 0 aromatic heterocycles. The van der Waals surface area contributed by atoms with E-state index in [0.29, 0.717) is 0 Å². The molecule has 0 spiro atoms. The Kier molecular flexibility index (Phi) is 3.57. The van der Waals surface area contributed by atoms with Crippen molar-refractivity contribution in [3.8, 4) is 0 Å². The lowest BCUT2D eigenvalue weighted by Crippen LogP contribution is -2.23. The summed E-state index contributed by atoms with van der Waals surface area (Å²) in [5, 5.41) is 0.